The summed E-state index contributed by atoms with van der Waals surface area (Å²) < 4.78 is 14.0. The molecule has 0 aliphatic carbocycles. The van der Waals surface area contributed by atoms with Gasteiger partial charge in [0.2, 0.25) is 5.91 Å². The first-order valence-electron chi connectivity index (χ1n) is 11.0. The molecule has 0 fully saturated rings. The van der Waals surface area contributed by atoms with E-state index in [-0.39, 0.29) is 17.9 Å². The average molecular weight is 459 g/mol. The number of ether oxygens (including phenoxy) is 2. The standard InChI is InChI=1S/C26H26N4O4/c1-33-22-15-20-21(16-23(22)34-2)27-18-30(26(20)32)14-8-12-25(31)28-24-11-6-7-13-29(24)17-19-9-4-3-5-10-19/h3-7,9-11,13,15-16,18H,8,12,14,17H2,1-2H3. The van der Waals surface area contributed by atoms with Crippen molar-refractivity contribution in [3.05, 3.63) is 94.6 Å². The molecule has 0 atom stereocenters. The molecular formula is C26H26N4O4. The number of nitrogens with zero attached hydrogens (tertiary/aromatic N) is 4. The van der Waals surface area contributed by atoms with E-state index >= 15 is 0 Å². The lowest BCUT2D eigenvalue weighted by Gasteiger charge is -2.10. The number of amides is 1. The van der Waals surface area contributed by atoms with Crippen molar-refractivity contribution < 1.29 is 14.3 Å². The van der Waals surface area contributed by atoms with E-state index in [1.807, 2.05) is 59.3 Å². The zero-order valence-corrected chi connectivity index (χ0v) is 19.2. The molecule has 0 N–H and O–H groups in total. The highest BCUT2D eigenvalue weighted by Gasteiger charge is 2.11. The van der Waals surface area contributed by atoms with Crippen LogP contribution in [0, 0.1) is 0 Å². The van der Waals surface area contributed by atoms with E-state index < -0.39 is 0 Å². The van der Waals surface area contributed by atoms with Crippen LogP contribution in [0.5, 0.6) is 11.5 Å². The first-order valence-corrected chi connectivity index (χ1v) is 11.0. The summed E-state index contributed by atoms with van der Waals surface area (Å²) >= 11 is 0. The molecule has 0 bridgehead atoms. The van der Waals surface area contributed by atoms with Crippen LogP contribution < -0.4 is 20.5 Å². The van der Waals surface area contributed by atoms with E-state index in [0.29, 0.717) is 47.4 Å². The molecule has 2 aromatic carbocycles. The summed E-state index contributed by atoms with van der Waals surface area (Å²) in [7, 11) is 3.05. The Morgan fingerprint density at radius 1 is 0.971 bits per heavy atom. The summed E-state index contributed by atoms with van der Waals surface area (Å²) in [6, 6.07) is 18.9. The van der Waals surface area contributed by atoms with Crippen molar-refractivity contribution in [3.8, 4) is 11.5 Å². The number of hydrogen-bond donors (Lipinski definition) is 0. The molecule has 0 aliphatic rings. The van der Waals surface area contributed by atoms with Gasteiger partial charge in [-0.05, 0) is 30.2 Å². The molecule has 8 heteroatoms. The third kappa shape index (κ3) is 5.23. The SMILES string of the molecule is COc1cc2ncn(CCCC(=O)N=c3ccccn3Cc3ccccc3)c(=O)c2cc1OC. The fourth-order valence-electron chi connectivity index (χ4n) is 3.71. The zero-order chi connectivity index (χ0) is 23.9. The van der Waals surface area contributed by atoms with E-state index in [2.05, 4.69) is 9.98 Å². The molecule has 0 radical (unpaired) electrons. The summed E-state index contributed by atoms with van der Waals surface area (Å²) in [4.78, 5) is 34.1. The maximum absolute atomic E-state index is 12.9. The maximum atomic E-state index is 12.9. The summed E-state index contributed by atoms with van der Waals surface area (Å²) in [5.74, 6) is 0.741. The van der Waals surface area contributed by atoms with Gasteiger partial charge in [-0.2, -0.15) is 4.99 Å². The third-order valence-electron chi connectivity index (χ3n) is 5.47. The summed E-state index contributed by atoms with van der Waals surface area (Å²) in [6.07, 6.45) is 4.08. The number of carbonyl (C=O) groups excluding carboxylic acids is 1. The molecule has 174 valence electrons. The highest BCUT2D eigenvalue weighted by Crippen LogP contribution is 2.29. The Morgan fingerprint density at radius 3 is 2.47 bits per heavy atom. The maximum Gasteiger partial charge on any atom is 0.261 e. The molecule has 0 unspecified atom stereocenters. The fraction of sp³-hybridized carbons (Fsp3) is 0.231. The zero-order valence-electron chi connectivity index (χ0n) is 19.2. The van der Waals surface area contributed by atoms with Gasteiger partial charge in [0.05, 0.1) is 31.4 Å². The first-order chi connectivity index (χ1) is 16.6. The van der Waals surface area contributed by atoms with Crippen molar-refractivity contribution in [2.75, 3.05) is 14.2 Å². The van der Waals surface area contributed by atoms with Gasteiger partial charge in [-0.1, -0.05) is 36.4 Å². The largest absolute Gasteiger partial charge is 0.493 e. The number of fused-ring (bicyclic) bond motifs is 1. The molecule has 2 heterocycles. The lowest BCUT2D eigenvalue weighted by molar-refractivity contribution is -0.118. The number of aryl methyl sites for hydroxylation is 1. The molecule has 8 nitrogen and oxygen atoms in total. The number of aromatic nitrogens is 3. The molecule has 0 spiro atoms. The van der Waals surface area contributed by atoms with Crippen LogP contribution in [0.15, 0.2) is 83.0 Å². The van der Waals surface area contributed by atoms with Crippen LogP contribution in [-0.4, -0.2) is 34.2 Å². The minimum Gasteiger partial charge on any atom is -0.493 e. The van der Waals surface area contributed by atoms with E-state index in [1.54, 1.807) is 12.1 Å². The van der Waals surface area contributed by atoms with Gasteiger partial charge in [0, 0.05) is 31.8 Å². The molecule has 0 aliphatic heterocycles. The van der Waals surface area contributed by atoms with Crippen LogP contribution in [0.3, 0.4) is 0 Å². The average Bonchev–Trinajstić information content (AvgIpc) is 2.86. The topological polar surface area (TPSA) is 87.7 Å². The second kappa shape index (κ2) is 10.6. The first kappa shape index (κ1) is 23.0. The smallest absolute Gasteiger partial charge is 0.261 e. The minimum absolute atomic E-state index is 0.195. The van der Waals surface area contributed by atoms with Crippen molar-refractivity contribution in [2.45, 2.75) is 25.9 Å². The van der Waals surface area contributed by atoms with Crippen LogP contribution in [0.1, 0.15) is 18.4 Å². The monoisotopic (exact) mass is 458 g/mol. The number of benzene rings is 2. The van der Waals surface area contributed by atoms with Crippen molar-refractivity contribution in [1.29, 1.82) is 0 Å². The predicted molar refractivity (Wildman–Crippen MR) is 129 cm³/mol. The predicted octanol–water partition coefficient (Wildman–Crippen LogP) is 3.17. The van der Waals surface area contributed by atoms with Gasteiger partial charge >= 0.3 is 0 Å². The number of carbonyl (C=O) groups is 1. The Bertz CT molecular complexity index is 1420. The second-order valence-corrected chi connectivity index (χ2v) is 7.75. The van der Waals surface area contributed by atoms with Gasteiger partial charge in [0.25, 0.3) is 5.56 Å². The molecule has 1 amide bonds. The Labute approximate surface area is 196 Å². The van der Waals surface area contributed by atoms with Crippen molar-refractivity contribution >= 4 is 16.8 Å². The number of hydrogen-bond acceptors (Lipinski definition) is 5. The Balaban J connectivity index is 1.46. The highest BCUT2D eigenvalue weighted by molar-refractivity contribution is 5.81. The van der Waals surface area contributed by atoms with Gasteiger partial charge in [0.15, 0.2) is 11.5 Å². The van der Waals surface area contributed by atoms with E-state index in [1.165, 1.54) is 25.1 Å². The third-order valence-corrected chi connectivity index (χ3v) is 5.47. The van der Waals surface area contributed by atoms with Crippen molar-refractivity contribution in [3.63, 3.8) is 0 Å². The van der Waals surface area contributed by atoms with E-state index in [4.69, 9.17) is 9.47 Å². The van der Waals surface area contributed by atoms with E-state index in [0.717, 1.165) is 5.56 Å². The van der Waals surface area contributed by atoms with Crippen molar-refractivity contribution in [1.82, 2.24) is 14.1 Å². The molecule has 34 heavy (non-hydrogen) atoms. The second-order valence-electron chi connectivity index (χ2n) is 7.75. The summed E-state index contributed by atoms with van der Waals surface area (Å²) in [6.45, 7) is 0.983. The van der Waals surface area contributed by atoms with Crippen LogP contribution in [-0.2, 0) is 17.9 Å². The van der Waals surface area contributed by atoms with Gasteiger partial charge in [-0.3, -0.25) is 14.2 Å². The molecule has 2 aromatic heterocycles. The summed E-state index contributed by atoms with van der Waals surface area (Å²) in [5.41, 5.74) is 2.05. The Kier molecular flexibility index (Phi) is 7.17. The van der Waals surface area contributed by atoms with Gasteiger partial charge < -0.3 is 14.0 Å². The molecule has 0 saturated carbocycles. The molecule has 0 saturated heterocycles. The van der Waals surface area contributed by atoms with Crippen LogP contribution in [0.4, 0.5) is 0 Å². The van der Waals surface area contributed by atoms with Crippen LogP contribution in [0.25, 0.3) is 10.9 Å². The minimum atomic E-state index is -0.235. The quantitative estimate of drug-likeness (QED) is 0.405. The number of pyridine rings is 1. The fourth-order valence-corrected chi connectivity index (χ4v) is 3.71. The van der Waals surface area contributed by atoms with Crippen LogP contribution >= 0.6 is 0 Å². The van der Waals surface area contributed by atoms with E-state index in [9.17, 15) is 9.59 Å². The number of rotatable bonds is 8. The normalized spacial score (nSPS) is 11.5. The molecule has 4 aromatic rings. The van der Waals surface area contributed by atoms with Gasteiger partial charge in [0.1, 0.15) is 5.49 Å². The lowest BCUT2D eigenvalue weighted by atomic mass is 10.2. The number of methoxy groups -OCH3 is 2. The Hall–Kier alpha value is -4.20. The molecule has 4 rings (SSSR count). The molecular weight excluding hydrogens is 432 g/mol. The van der Waals surface area contributed by atoms with Gasteiger partial charge in [-0.25, -0.2) is 4.98 Å². The highest BCUT2D eigenvalue weighted by atomic mass is 16.5. The lowest BCUT2D eigenvalue weighted by Crippen LogP contribution is -2.23. The van der Waals surface area contributed by atoms with Gasteiger partial charge in [-0.15, -0.1) is 0 Å². The summed E-state index contributed by atoms with van der Waals surface area (Å²) in [5, 5.41) is 0.433. The van der Waals surface area contributed by atoms with Crippen molar-refractivity contribution in [2.24, 2.45) is 4.99 Å². The Morgan fingerprint density at radius 2 is 1.71 bits per heavy atom. The van der Waals surface area contributed by atoms with Crippen LogP contribution in [0.2, 0.25) is 0 Å².